The highest BCUT2D eigenvalue weighted by molar-refractivity contribution is 7.86. The maximum absolute atomic E-state index is 12.7. The van der Waals surface area contributed by atoms with Crippen LogP contribution < -0.4 is 0 Å². The van der Waals surface area contributed by atoms with Crippen molar-refractivity contribution < 1.29 is 21.1 Å². The summed E-state index contributed by atoms with van der Waals surface area (Å²) in [6.45, 7) is 3.28. The molecule has 1 aliphatic rings. The quantitative estimate of drug-likeness (QED) is 0.697. The lowest BCUT2D eigenvalue weighted by molar-refractivity contribution is -0.168. The molecule has 0 aromatic heterocycles. The van der Waals surface area contributed by atoms with E-state index in [4.69, 9.17) is 0 Å². The van der Waals surface area contributed by atoms with Gasteiger partial charge in [-0.2, -0.15) is 8.42 Å². The predicted molar refractivity (Wildman–Crippen MR) is 46.3 cm³/mol. The Balaban J connectivity index is 2.79. The Bertz CT molecular complexity index is 313. The van der Waals surface area contributed by atoms with Crippen molar-refractivity contribution >= 4 is 10.2 Å². The summed E-state index contributed by atoms with van der Waals surface area (Å²) >= 11 is 0. The zero-order chi connectivity index (χ0) is 11.2. The Morgan fingerprint density at radius 3 is 1.93 bits per heavy atom. The highest BCUT2D eigenvalue weighted by atomic mass is 32.3. The maximum Gasteiger partial charge on any atom is 0.302 e. The minimum absolute atomic E-state index is 0.257. The van der Waals surface area contributed by atoms with Crippen molar-refractivity contribution in [2.24, 2.45) is 11.3 Å². The lowest BCUT2D eigenvalue weighted by atomic mass is 9.61. The van der Waals surface area contributed by atoms with Gasteiger partial charge in [0.25, 0.3) is 0 Å². The van der Waals surface area contributed by atoms with E-state index in [1.807, 2.05) is 0 Å². The second kappa shape index (κ2) is 3.12. The summed E-state index contributed by atoms with van der Waals surface area (Å²) in [5.41, 5.74) is -1.07. The first-order valence-electron chi connectivity index (χ1n) is 4.37. The van der Waals surface area contributed by atoms with Crippen molar-refractivity contribution in [3.63, 3.8) is 0 Å². The molecule has 0 saturated heterocycles. The van der Waals surface area contributed by atoms with Crippen molar-refractivity contribution in [3.8, 4) is 0 Å². The van der Waals surface area contributed by atoms with Gasteiger partial charge < -0.3 is 0 Å². The van der Waals surface area contributed by atoms with Gasteiger partial charge in [0, 0.05) is 18.3 Å². The fourth-order valence-electron chi connectivity index (χ4n) is 2.00. The van der Waals surface area contributed by atoms with Crippen LogP contribution in [0.2, 0.25) is 0 Å². The van der Waals surface area contributed by atoms with Crippen molar-refractivity contribution in [1.29, 1.82) is 0 Å². The van der Waals surface area contributed by atoms with Gasteiger partial charge in [-0.1, -0.05) is 13.8 Å². The predicted octanol–water partition coefficient (Wildman–Crippen LogP) is 2.36. The van der Waals surface area contributed by atoms with Gasteiger partial charge in [0.05, 0.1) is 5.75 Å². The first-order chi connectivity index (χ1) is 6.06. The molecule has 0 N–H and O–H groups in total. The minimum Gasteiger partial charge on any atom is -0.207 e. The summed E-state index contributed by atoms with van der Waals surface area (Å²) in [6, 6.07) is 0. The van der Waals surface area contributed by atoms with E-state index in [1.165, 1.54) is 0 Å². The van der Waals surface area contributed by atoms with E-state index >= 15 is 0 Å². The van der Waals surface area contributed by atoms with E-state index in [0.717, 1.165) is 0 Å². The van der Waals surface area contributed by atoms with Crippen molar-refractivity contribution in [2.45, 2.75) is 32.6 Å². The fraction of sp³-hybridized carbons (Fsp3) is 1.00. The smallest absolute Gasteiger partial charge is 0.207 e. The van der Waals surface area contributed by atoms with Gasteiger partial charge >= 0.3 is 10.2 Å². The minimum atomic E-state index is -4.67. The molecule has 2 nitrogen and oxygen atoms in total. The highest BCUT2D eigenvalue weighted by Crippen LogP contribution is 2.56. The molecule has 0 bridgehead atoms. The van der Waals surface area contributed by atoms with Gasteiger partial charge in [-0.3, -0.25) is 0 Å². The number of hydrogen-bond donors (Lipinski definition) is 0. The molecule has 1 rings (SSSR count). The first-order valence-corrected chi connectivity index (χ1v) is 5.92. The average Bonchev–Trinajstić information content (AvgIpc) is 1.77. The molecule has 0 heterocycles. The molecule has 1 aliphatic carbocycles. The Labute approximate surface area is 81.7 Å². The van der Waals surface area contributed by atoms with Crippen molar-refractivity contribution in [1.82, 2.24) is 0 Å². The van der Waals surface area contributed by atoms with Crippen LogP contribution in [0.15, 0.2) is 0 Å². The van der Waals surface area contributed by atoms with Crippen LogP contribution in [0.25, 0.3) is 0 Å². The number of alkyl halides is 2. The zero-order valence-electron chi connectivity index (χ0n) is 8.06. The first kappa shape index (κ1) is 11.8. The normalized spacial score (nSPS) is 24.7. The lowest BCUT2D eigenvalue weighted by Gasteiger charge is -2.49. The molecule has 1 fully saturated rings. The molecular formula is C8H13F3O2S. The van der Waals surface area contributed by atoms with Crippen molar-refractivity contribution in [3.05, 3.63) is 0 Å². The van der Waals surface area contributed by atoms with Crippen LogP contribution in [-0.4, -0.2) is 20.1 Å². The Hall–Kier alpha value is -0.260. The largest absolute Gasteiger partial charge is 0.302 e. The molecule has 1 saturated carbocycles. The second-order valence-corrected chi connectivity index (χ2v) is 5.78. The third-order valence-electron chi connectivity index (χ3n) is 2.91. The zero-order valence-corrected chi connectivity index (χ0v) is 8.87. The Morgan fingerprint density at radius 1 is 1.29 bits per heavy atom. The lowest BCUT2D eigenvalue weighted by Crippen LogP contribution is -2.52. The number of hydrogen-bond acceptors (Lipinski definition) is 2. The van der Waals surface area contributed by atoms with Crippen LogP contribution in [0.5, 0.6) is 0 Å². The SMILES string of the molecule is CC(C)C1(CS(=O)(=O)F)CC(F)(F)C1. The molecule has 6 heteroatoms. The van der Waals surface area contributed by atoms with Gasteiger partial charge in [-0.25, -0.2) is 8.78 Å². The van der Waals surface area contributed by atoms with Gasteiger partial charge in [-0.05, 0) is 5.92 Å². The average molecular weight is 230 g/mol. The molecule has 0 atom stereocenters. The second-order valence-electron chi connectivity index (χ2n) is 4.41. The molecule has 0 aromatic carbocycles. The van der Waals surface area contributed by atoms with Gasteiger partial charge in [0.15, 0.2) is 0 Å². The summed E-state index contributed by atoms with van der Waals surface area (Å²) in [4.78, 5) is 0. The van der Waals surface area contributed by atoms with Crippen molar-refractivity contribution in [2.75, 3.05) is 5.75 Å². The molecular weight excluding hydrogens is 217 g/mol. The van der Waals surface area contributed by atoms with Gasteiger partial charge in [-0.15, -0.1) is 3.89 Å². The summed E-state index contributed by atoms with van der Waals surface area (Å²) in [5.74, 6) is -3.87. The van der Waals surface area contributed by atoms with Gasteiger partial charge in [0.1, 0.15) is 0 Å². The van der Waals surface area contributed by atoms with E-state index < -0.39 is 40.2 Å². The van der Waals surface area contributed by atoms with Crippen LogP contribution in [0.1, 0.15) is 26.7 Å². The van der Waals surface area contributed by atoms with Crippen LogP contribution >= 0.6 is 0 Å². The van der Waals surface area contributed by atoms with E-state index in [9.17, 15) is 21.1 Å². The number of halogens is 3. The summed E-state index contributed by atoms with van der Waals surface area (Å²) in [7, 11) is -4.67. The molecule has 0 aromatic rings. The number of rotatable bonds is 3. The van der Waals surface area contributed by atoms with Crippen LogP contribution in [0.4, 0.5) is 12.7 Å². The molecule has 0 unspecified atom stereocenters. The Kier molecular flexibility index (Phi) is 2.63. The Morgan fingerprint density at radius 2 is 1.71 bits per heavy atom. The topological polar surface area (TPSA) is 34.1 Å². The monoisotopic (exact) mass is 230 g/mol. The van der Waals surface area contributed by atoms with E-state index in [0.29, 0.717) is 0 Å². The molecule has 0 radical (unpaired) electrons. The standard InChI is InChI=1S/C8H13F3O2S/c1-6(2)7(5-14(11,12)13)3-8(9,10)4-7/h6H,3-5H2,1-2H3. The molecule has 0 amide bonds. The molecule has 14 heavy (non-hydrogen) atoms. The highest BCUT2D eigenvalue weighted by Gasteiger charge is 2.59. The summed E-state index contributed by atoms with van der Waals surface area (Å²) < 4.78 is 58.6. The van der Waals surface area contributed by atoms with Crippen LogP contribution in [-0.2, 0) is 10.2 Å². The van der Waals surface area contributed by atoms with Crippen LogP contribution in [0.3, 0.4) is 0 Å². The molecule has 0 spiro atoms. The van der Waals surface area contributed by atoms with Gasteiger partial charge in [0.2, 0.25) is 5.92 Å². The maximum atomic E-state index is 12.7. The third-order valence-corrected chi connectivity index (χ3v) is 3.83. The summed E-state index contributed by atoms with van der Waals surface area (Å²) in [6.07, 6.45) is -1.05. The van der Waals surface area contributed by atoms with E-state index in [-0.39, 0.29) is 5.92 Å². The summed E-state index contributed by atoms with van der Waals surface area (Å²) in [5, 5.41) is 0. The van der Waals surface area contributed by atoms with Crippen LogP contribution in [0, 0.1) is 11.3 Å². The molecule has 0 aliphatic heterocycles. The van der Waals surface area contributed by atoms with E-state index in [1.54, 1.807) is 13.8 Å². The fourth-order valence-corrected chi connectivity index (χ4v) is 3.22. The molecule has 84 valence electrons. The van der Waals surface area contributed by atoms with E-state index in [2.05, 4.69) is 0 Å². The third kappa shape index (κ3) is 2.40.